The smallest absolute Gasteiger partial charge is 0.164 e. The topological polar surface area (TPSA) is 61.8 Å². The van der Waals surface area contributed by atoms with Crippen molar-refractivity contribution >= 4 is 5.78 Å². The lowest BCUT2D eigenvalue weighted by Crippen LogP contribution is -2.33. The van der Waals surface area contributed by atoms with Crippen LogP contribution in [0, 0.1) is 5.92 Å². The molecule has 2 aromatic rings. The zero-order valence-corrected chi connectivity index (χ0v) is 18.8. The molecule has 0 aliphatic carbocycles. The molecule has 1 aliphatic rings. The normalized spacial score (nSPS) is 17.3. The van der Waals surface area contributed by atoms with Gasteiger partial charge < -0.3 is 20.1 Å². The molecule has 3 rings (SSSR count). The second-order valence-electron chi connectivity index (χ2n) is 8.72. The molecule has 5 nitrogen and oxygen atoms in total. The van der Waals surface area contributed by atoms with Crippen molar-refractivity contribution in [3.8, 4) is 5.75 Å². The van der Waals surface area contributed by atoms with E-state index in [-0.39, 0.29) is 11.8 Å². The molecule has 2 aromatic carbocycles. The maximum atomic E-state index is 12.5. The number of aliphatic hydroxyl groups is 1. The summed E-state index contributed by atoms with van der Waals surface area (Å²) in [5, 5.41) is 13.7. The number of benzene rings is 2. The fraction of sp³-hybridized carbons (Fsp3) is 0.500. The highest BCUT2D eigenvalue weighted by atomic mass is 16.5. The third kappa shape index (κ3) is 7.46. The summed E-state index contributed by atoms with van der Waals surface area (Å²) in [4.78, 5) is 15.0. The molecule has 1 aliphatic heterocycles. The number of aliphatic hydroxyl groups excluding tert-OH is 1. The molecule has 0 aromatic heterocycles. The van der Waals surface area contributed by atoms with Crippen LogP contribution in [0.2, 0.25) is 0 Å². The Morgan fingerprint density at radius 1 is 1.06 bits per heavy atom. The Hall–Kier alpha value is -2.21. The lowest BCUT2D eigenvalue weighted by molar-refractivity contribution is 0.0972. The van der Waals surface area contributed by atoms with E-state index >= 15 is 0 Å². The van der Waals surface area contributed by atoms with Crippen molar-refractivity contribution in [1.82, 2.24) is 10.2 Å². The highest BCUT2D eigenvalue weighted by Gasteiger charge is 2.17. The van der Waals surface area contributed by atoms with E-state index in [0.29, 0.717) is 31.1 Å². The minimum atomic E-state index is -0.597. The number of ether oxygens (including phenoxy) is 1. The number of ketones is 1. The van der Waals surface area contributed by atoms with E-state index in [9.17, 15) is 9.90 Å². The first-order valence-corrected chi connectivity index (χ1v) is 11.5. The van der Waals surface area contributed by atoms with E-state index in [0.717, 1.165) is 17.9 Å². The molecule has 3 atom stereocenters. The minimum Gasteiger partial charge on any atom is -0.493 e. The maximum Gasteiger partial charge on any atom is 0.164 e. The van der Waals surface area contributed by atoms with Crippen LogP contribution in [0.15, 0.2) is 54.6 Å². The molecule has 31 heavy (non-hydrogen) atoms. The molecule has 1 fully saturated rings. The van der Waals surface area contributed by atoms with Gasteiger partial charge in [-0.15, -0.1) is 0 Å². The van der Waals surface area contributed by atoms with Crippen molar-refractivity contribution < 1.29 is 14.6 Å². The molecule has 2 N–H and O–H groups in total. The SMILES string of the molecule is CC(COc1ccc(C(=O)CCNC(C)C(O)c2ccccc2)cc1)CN1CCCC1. The number of nitrogens with one attached hydrogen (secondary N) is 1. The first kappa shape index (κ1) is 23.5. The Kier molecular flexibility index (Phi) is 9.07. The van der Waals surface area contributed by atoms with E-state index in [1.165, 1.54) is 25.9 Å². The number of carbonyl (C=O) groups is 1. The third-order valence-electron chi connectivity index (χ3n) is 5.91. The van der Waals surface area contributed by atoms with E-state index in [4.69, 9.17) is 4.74 Å². The van der Waals surface area contributed by atoms with Gasteiger partial charge in [0.2, 0.25) is 0 Å². The number of nitrogens with zero attached hydrogens (tertiary/aromatic N) is 1. The van der Waals surface area contributed by atoms with E-state index < -0.39 is 6.10 Å². The summed E-state index contributed by atoms with van der Waals surface area (Å²) in [7, 11) is 0. The summed E-state index contributed by atoms with van der Waals surface area (Å²) < 4.78 is 5.92. The number of hydrogen-bond acceptors (Lipinski definition) is 5. The van der Waals surface area contributed by atoms with Crippen molar-refractivity contribution in [3.05, 3.63) is 65.7 Å². The van der Waals surface area contributed by atoms with Crippen LogP contribution < -0.4 is 10.1 Å². The fourth-order valence-electron chi connectivity index (χ4n) is 4.04. The summed E-state index contributed by atoms with van der Waals surface area (Å²) in [6, 6.07) is 16.9. The lowest BCUT2D eigenvalue weighted by Gasteiger charge is -2.20. The highest BCUT2D eigenvalue weighted by Crippen LogP contribution is 2.17. The van der Waals surface area contributed by atoms with Crippen LogP contribution >= 0.6 is 0 Å². The Morgan fingerprint density at radius 3 is 2.42 bits per heavy atom. The van der Waals surface area contributed by atoms with E-state index in [1.54, 1.807) is 0 Å². The Morgan fingerprint density at radius 2 is 1.74 bits per heavy atom. The Bertz CT molecular complexity index is 788. The van der Waals surface area contributed by atoms with Gasteiger partial charge >= 0.3 is 0 Å². The number of carbonyl (C=O) groups excluding carboxylic acids is 1. The zero-order chi connectivity index (χ0) is 22.1. The van der Waals surface area contributed by atoms with Crippen molar-refractivity contribution in [2.45, 2.75) is 45.3 Å². The molecule has 3 unspecified atom stereocenters. The van der Waals surface area contributed by atoms with Crippen LogP contribution in [0.1, 0.15) is 55.1 Å². The molecule has 0 amide bonds. The van der Waals surface area contributed by atoms with Gasteiger partial charge in [0.05, 0.1) is 12.7 Å². The summed E-state index contributed by atoms with van der Waals surface area (Å²) in [6.07, 6.45) is 2.41. The van der Waals surface area contributed by atoms with Crippen molar-refractivity contribution in [3.63, 3.8) is 0 Å². The van der Waals surface area contributed by atoms with Gasteiger partial charge in [0.15, 0.2) is 5.78 Å². The fourth-order valence-corrected chi connectivity index (χ4v) is 4.04. The molecule has 1 heterocycles. The molecule has 0 radical (unpaired) electrons. The summed E-state index contributed by atoms with van der Waals surface area (Å²) in [6.45, 7) is 8.87. The monoisotopic (exact) mass is 424 g/mol. The van der Waals surface area contributed by atoms with E-state index in [2.05, 4.69) is 17.1 Å². The van der Waals surface area contributed by atoms with Crippen LogP contribution in [0.4, 0.5) is 0 Å². The van der Waals surface area contributed by atoms with Gasteiger partial charge in [-0.2, -0.15) is 0 Å². The van der Waals surface area contributed by atoms with Crippen LogP contribution in [-0.4, -0.2) is 54.6 Å². The van der Waals surface area contributed by atoms with Crippen molar-refractivity contribution in [2.24, 2.45) is 5.92 Å². The molecule has 0 spiro atoms. The van der Waals surface area contributed by atoms with Crippen molar-refractivity contribution in [1.29, 1.82) is 0 Å². The standard InChI is InChI=1S/C26H36N2O3/c1-20(18-28-16-6-7-17-28)19-31-24-12-10-22(11-13-24)25(29)14-15-27-21(2)26(30)23-8-4-3-5-9-23/h3-5,8-13,20-21,26-27,30H,6-7,14-19H2,1-2H3. The Labute approximate surface area is 186 Å². The summed E-state index contributed by atoms with van der Waals surface area (Å²) in [5.41, 5.74) is 1.56. The highest BCUT2D eigenvalue weighted by molar-refractivity contribution is 5.96. The lowest BCUT2D eigenvalue weighted by atomic mass is 10.0. The van der Waals surface area contributed by atoms with Crippen LogP contribution in [-0.2, 0) is 0 Å². The quantitative estimate of drug-likeness (QED) is 0.503. The third-order valence-corrected chi connectivity index (χ3v) is 5.91. The van der Waals surface area contributed by atoms with Gasteiger partial charge in [-0.1, -0.05) is 37.3 Å². The number of hydrogen-bond donors (Lipinski definition) is 2. The van der Waals surface area contributed by atoms with E-state index in [1.807, 2.05) is 61.5 Å². The molecule has 0 bridgehead atoms. The molecule has 5 heteroatoms. The van der Waals surface area contributed by atoms with Gasteiger partial charge in [-0.05, 0) is 62.7 Å². The number of Topliss-reactive ketones (excluding diaryl/α,β-unsaturated/α-hetero) is 1. The first-order chi connectivity index (χ1) is 15.0. The van der Waals surface area contributed by atoms with Crippen molar-refractivity contribution in [2.75, 3.05) is 32.8 Å². The van der Waals surface area contributed by atoms with Crippen LogP contribution in [0.25, 0.3) is 0 Å². The first-order valence-electron chi connectivity index (χ1n) is 11.5. The predicted octanol–water partition coefficient (Wildman–Crippen LogP) is 4.08. The average molecular weight is 425 g/mol. The van der Waals surface area contributed by atoms with Gasteiger partial charge in [-0.3, -0.25) is 4.79 Å². The second kappa shape index (κ2) is 12.0. The second-order valence-corrected chi connectivity index (χ2v) is 8.72. The summed E-state index contributed by atoms with van der Waals surface area (Å²) >= 11 is 0. The summed E-state index contributed by atoms with van der Waals surface area (Å²) in [5.74, 6) is 1.38. The van der Waals surface area contributed by atoms with Gasteiger partial charge in [0, 0.05) is 37.0 Å². The number of likely N-dealkylation sites (tertiary alicyclic amines) is 1. The largest absolute Gasteiger partial charge is 0.493 e. The molecule has 1 saturated heterocycles. The van der Waals surface area contributed by atoms with Gasteiger partial charge in [0.25, 0.3) is 0 Å². The zero-order valence-electron chi connectivity index (χ0n) is 18.8. The van der Waals surface area contributed by atoms with Gasteiger partial charge in [-0.25, -0.2) is 0 Å². The maximum absolute atomic E-state index is 12.5. The minimum absolute atomic E-state index is 0.0860. The molecular formula is C26H36N2O3. The van der Waals surface area contributed by atoms with Gasteiger partial charge in [0.1, 0.15) is 5.75 Å². The predicted molar refractivity (Wildman–Crippen MR) is 125 cm³/mol. The van der Waals surface area contributed by atoms with Crippen LogP contribution in [0.5, 0.6) is 5.75 Å². The molecule has 0 saturated carbocycles. The van der Waals surface area contributed by atoms with Crippen LogP contribution in [0.3, 0.4) is 0 Å². The number of rotatable bonds is 12. The average Bonchev–Trinajstić information content (AvgIpc) is 3.31. The Balaban J connectivity index is 1.37. The molecule has 168 valence electrons. The molecular weight excluding hydrogens is 388 g/mol.